The van der Waals surface area contributed by atoms with Gasteiger partial charge in [-0.25, -0.2) is 4.39 Å². The lowest BCUT2D eigenvalue weighted by Gasteiger charge is -2.15. The summed E-state index contributed by atoms with van der Waals surface area (Å²) in [5.41, 5.74) is 0.438. The Kier molecular flexibility index (Phi) is 3.89. The second-order valence-corrected chi connectivity index (χ2v) is 6.39. The molecule has 0 aliphatic heterocycles. The van der Waals surface area contributed by atoms with Gasteiger partial charge in [-0.05, 0) is 48.0 Å². The van der Waals surface area contributed by atoms with Crippen LogP contribution in [0.5, 0.6) is 0 Å². The zero-order valence-electron chi connectivity index (χ0n) is 8.27. The summed E-state index contributed by atoms with van der Waals surface area (Å²) in [6.07, 6.45) is 0. The van der Waals surface area contributed by atoms with Crippen molar-refractivity contribution in [1.82, 2.24) is 0 Å². The van der Waals surface area contributed by atoms with Crippen LogP contribution in [0.1, 0.15) is 13.8 Å². The summed E-state index contributed by atoms with van der Waals surface area (Å²) >= 11 is 6.26. The standard InChI is InChI=1S/C10H10Br2FNO/c1-10(2,12)9(15)14-6-3-4-7(11)8(13)5-6/h3-5H,1-2H3,(H,14,15). The van der Waals surface area contributed by atoms with E-state index in [1.165, 1.54) is 6.07 Å². The quantitative estimate of drug-likeness (QED) is 0.818. The highest BCUT2D eigenvalue weighted by Gasteiger charge is 2.23. The van der Waals surface area contributed by atoms with Crippen LogP contribution >= 0.6 is 31.9 Å². The highest BCUT2D eigenvalue weighted by atomic mass is 79.9. The fourth-order valence-corrected chi connectivity index (χ4v) is 1.20. The lowest BCUT2D eigenvalue weighted by molar-refractivity contribution is -0.117. The number of hydrogen-bond donors (Lipinski definition) is 1. The second kappa shape index (κ2) is 4.61. The molecule has 0 unspecified atom stereocenters. The van der Waals surface area contributed by atoms with E-state index in [1.807, 2.05) is 0 Å². The SMILES string of the molecule is CC(C)(Br)C(=O)Nc1ccc(Br)c(F)c1. The van der Waals surface area contributed by atoms with E-state index in [9.17, 15) is 9.18 Å². The van der Waals surface area contributed by atoms with E-state index in [2.05, 4.69) is 37.2 Å². The molecule has 82 valence electrons. The van der Waals surface area contributed by atoms with E-state index in [1.54, 1.807) is 26.0 Å². The molecule has 2 nitrogen and oxygen atoms in total. The van der Waals surface area contributed by atoms with Gasteiger partial charge >= 0.3 is 0 Å². The number of carbonyl (C=O) groups excluding carboxylic acids is 1. The molecule has 0 spiro atoms. The van der Waals surface area contributed by atoms with E-state index in [-0.39, 0.29) is 5.91 Å². The monoisotopic (exact) mass is 337 g/mol. The maximum atomic E-state index is 13.1. The first-order valence-electron chi connectivity index (χ1n) is 4.26. The maximum absolute atomic E-state index is 13.1. The number of nitrogens with one attached hydrogen (secondary N) is 1. The molecule has 1 N–H and O–H groups in total. The van der Waals surface area contributed by atoms with Crippen molar-refractivity contribution in [3.8, 4) is 0 Å². The fraction of sp³-hybridized carbons (Fsp3) is 0.300. The van der Waals surface area contributed by atoms with Gasteiger partial charge < -0.3 is 5.32 Å². The number of carbonyl (C=O) groups is 1. The van der Waals surface area contributed by atoms with E-state index < -0.39 is 10.1 Å². The first-order chi connectivity index (χ1) is 6.80. The molecule has 1 aromatic carbocycles. The van der Waals surface area contributed by atoms with Crippen LogP contribution in [-0.2, 0) is 4.79 Å². The van der Waals surface area contributed by atoms with Crippen molar-refractivity contribution in [3.63, 3.8) is 0 Å². The first-order valence-corrected chi connectivity index (χ1v) is 5.85. The lowest BCUT2D eigenvalue weighted by atomic mass is 10.2. The zero-order valence-corrected chi connectivity index (χ0v) is 11.4. The Morgan fingerprint density at radius 2 is 2.07 bits per heavy atom. The Balaban J connectivity index is 2.83. The Hall–Kier alpha value is -0.420. The molecule has 1 amide bonds. The summed E-state index contributed by atoms with van der Waals surface area (Å²) in [5.74, 6) is -0.621. The van der Waals surface area contributed by atoms with Crippen molar-refractivity contribution >= 4 is 43.5 Å². The maximum Gasteiger partial charge on any atom is 0.240 e. The van der Waals surface area contributed by atoms with Gasteiger partial charge in [0.15, 0.2) is 0 Å². The van der Waals surface area contributed by atoms with Crippen LogP contribution in [0.15, 0.2) is 22.7 Å². The third kappa shape index (κ3) is 3.57. The topological polar surface area (TPSA) is 29.1 Å². The summed E-state index contributed by atoms with van der Waals surface area (Å²) in [7, 11) is 0. The molecule has 0 fully saturated rings. The van der Waals surface area contributed by atoms with Crippen LogP contribution < -0.4 is 5.32 Å². The highest BCUT2D eigenvalue weighted by Crippen LogP contribution is 2.22. The fourth-order valence-electron chi connectivity index (χ4n) is 0.854. The Morgan fingerprint density at radius 1 is 1.47 bits per heavy atom. The minimum absolute atomic E-state index is 0.218. The van der Waals surface area contributed by atoms with Gasteiger partial charge in [0.25, 0.3) is 0 Å². The van der Waals surface area contributed by atoms with Crippen molar-refractivity contribution < 1.29 is 9.18 Å². The number of amides is 1. The molecule has 0 aliphatic rings. The summed E-state index contributed by atoms with van der Waals surface area (Å²) < 4.78 is 12.8. The van der Waals surface area contributed by atoms with Gasteiger partial charge in [-0.1, -0.05) is 15.9 Å². The summed E-state index contributed by atoms with van der Waals surface area (Å²) in [4.78, 5) is 11.5. The van der Waals surface area contributed by atoms with Crippen molar-refractivity contribution in [2.24, 2.45) is 0 Å². The molecule has 1 aromatic rings. The van der Waals surface area contributed by atoms with Gasteiger partial charge in [0.05, 0.1) is 8.80 Å². The van der Waals surface area contributed by atoms with E-state index in [0.717, 1.165) is 0 Å². The van der Waals surface area contributed by atoms with Gasteiger partial charge in [-0.2, -0.15) is 0 Å². The van der Waals surface area contributed by atoms with Crippen molar-refractivity contribution in [1.29, 1.82) is 0 Å². The first kappa shape index (κ1) is 12.6. The largest absolute Gasteiger partial charge is 0.325 e. The van der Waals surface area contributed by atoms with Gasteiger partial charge in [-0.15, -0.1) is 0 Å². The second-order valence-electron chi connectivity index (χ2n) is 3.56. The number of alkyl halides is 1. The molecule has 0 radical (unpaired) electrons. The van der Waals surface area contributed by atoms with Crippen LogP contribution in [0.2, 0.25) is 0 Å². The van der Waals surface area contributed by atoms with Gasteiger partial charge in [0, 0.05) is 5.69 Å². The Bertz CT molecular complexity index is 387. The van der Waals surface area contributed by atoms with Gasteiger partial charge in [0.2, 0.25) is 5.91 Å². The molecule has 0 saturated heterocycles. The lowest BCUT2D eigenvalue weighted by Crippen LogP contribution is -2.30. The average Bonchev–Trinajstić information content (AvgIpc) is 2.10. The van der Waals surface area contributed by atoms with Crippen LogP contribution in [0.3, 0.4) is 0 Å². The van der Waals surface area contributed by atoms with E-state index in [4.69, 9.17) is 0 Å². The number of anilines is 1. The third-order valence-corrected chi connectivity index (χ3v) is 2.72. The van der Waals surface area contributed by atoms with Gasteiger partial charge in [0.1, 0.15) is 5.82 Å². The molecule has 0 atom stereocenters. The zero-order chi connectivity index (χ0) is 11.6. The smallest absolute Gasteiger partial charge is 0.240 e. The molecule has 0 aromatic heterocycles. The molecule has 0 bridgehead atoms. The van der Waals surface area contributed by atoms with Gasteiger partial charge in [-0.3, -0.25) is 4.79 Å². The predicted octanol–water partition coefficient (Wildman–Crippen LogP) is 3.70. The molecule has 5 heteroatoms. The molecule has 1 rings (SSSR count). The number of halogens is 3. The third-order valence-electron chi connectivity index (χ3n) is 1.72. The normalized spacial score (nSPS) is 11.3. The summed E-state index contributed by atoms with van der Waals surface area (Å²) in [6.45, 7) is 3.44. The molecule has 0 heterocycles. The van der Waals surface area contributed by atoms with Crippen LogP contribution in [0, 0.1) is 5.82 Å². The summed E-state index contributed by atoms with van der Waals surface area (Å²) in [6, 6.07) is 4.44. The molecular weight excluding hydrogens is 329 g/mol. The predicted molar refractivity (Wildman–Crippen MR) is 65.7 cm³/mol. The van der Waals surface area contributed by atoms with E-state index >= 15 is 0 Å². The Morgan fingerprint density at radius 3 is 2.53 bits per heavy atom. The van der Waals surface area contributed by atoms with Crippen molar-refractivity contribution in [2.45, 2.75) is 18.2 Å². The molecule has 0 saturated carbocycles. The van der Waals surface area contributed by atoms with Crippen molar-refractivity contribution in [2.75, 3.05) is 5.32 Å². The molecule has 15 heavy (non-hydrogen) atoms. The Labute approximate surface area is 105 Å². The minimum atomic E-state index is -0.670. The number of benzene rings is 1. The van der Waals surface area contributed by atoms with Crippen LogP contribution in [0.25, 0.3) is 0 Å². The molecule has 0 aliphatic carbocycles. The number of rotatable bonds is 2. The average molecular weight is 339 g/mol. The van der Waals surface area contributed by atoms with Crippen LogP contribution in [-0.4, -0.2) is 10.2 Å². The van der Waals surface area contributed by atoms with Crippen LogP contribution in [0.4, 0.5) is 10.1 Å². The minimum Gasteiger partial charge on any atom is -0.325 e. The summed E-state index contributed by atoms with van der Waals surface area (Å²) in [5, 5.41) is 2.60. The highest BCUT2D eigenvalue weighted by molar-refractivity contribution is 9.10. The van der Waals surface area contributed by atoms with Crippen molar-refractivity contribution in [3.05, 3.63) is 28.5 Å². The van der Waals surface area contributed by atoms with E-state index in [0.29, 0.717) is 10.2 Å². The number of hydrogen-bond acceptors (Lipinski definition) is 1. The molecular formula is C10H10Br2FNO.